The third kappa shape index (κ3) is 9.71. The number of piperidine rings is 1. The molecule has 53 heavy (non-hydrogen) atoms. The van der Waals surface area contributed by atoms with Gasteiger partial charge in [0.15, 0.2) is 5.78 Å². The molecule has 6 heteroatoms. The number of nitrogens with one attached hydrogen (secondary N) is 2. The summed E-state index contributed by atoms with van der Waals surface area (Å²) in [5.41, 5.74) is 6.86. The van der Waals surface area contributed by atoms with Gasteiger partial charge in [-0.1, -0.05) is 145 Å². The number of likely N-dealkylation sites (tertiary alicyclic amines) is 1. The predicted molar refractivity (Wildman–Crippen MR) is 216 cm³/mol. The summed E-state index contributed by atoms with van der Waals surface area (Å²) in [6.45, 7) is 10.1. The molecular formula is C47H57N3O3. The molecule has 2 amide bonds. The lowest BCUT2D eigenvalue weighted by atomic mass is 9.83. The Morgan fingerprint density at radius 2 is 1.40 bits per heavy atom. The van der Waals surface area contributed by atoms with Gasteiger partial charge in [0.2, 0.25) is 5.91 Å². The highest BCUT2D eigenvalue weighted by Gasteiger charge is 2.34. The van der Waals surface area contributed by atoms with E-state index in [2.05, 4.69) is 72.7 Å². The maximum absolute atomic E-state index is 14.1. The lowest BCUT2D eigenvalue weighted by Crippen LogP contribution is -2.49. The highest BCUT2D eigenvalue weighted by molar-refractivity contribution is 6.08. The molecule has 4 aromatic rings. The van der Waals surface area contributed by atoms with Gasteiger partial charge < -0.3 is 10.6 Å². The van der Waals surface area contributed by atoms with Crippen LogP contribution in [0.3, 0.4) is 0 Å². The first-order chi connectivity index (χ1) is 25.6. The van der Waals surface area contributed by atoms with Crippen molar-refractivity contribution < 1.29 is 14.4 Å². The van der Waals surface area contributed by atoms with Gasteiger partial charge in [-0.05, 0) is 95.6 Å². The third-order valence-electron chi connectivity index (χ3n) is 11.5. The Labute approximate surface area is 316 Å². The van der Waals surface area contributed by atoms with Crippen LogP contribution in [0.1, 0.15) is 124 Å². The smallest absolute Gasteiger partial charge is 0.256 e. The SMILES string of the molecule is CCC(=O)C(CC1CCCCC1)NC(=O)C(c1ccccc1)N1CCC(c2ccc(NC(=O)c3ccccc3-c3ccc(C(C)(C)C)cc3)cc2)CC1. The Morgan fingerprint density at radius 1 is 0.755 bits per heavy atom. The molecule has 1 heterocycles. The molecule has 2 fully saturated rings. The lowest BCUT2D eigenvalue weighted by Gasteiger charge is -2.38. The molecule has 4 aromatic carbocycles. The zero-order chi connectivity index (χ0) is 37.4. The largest absolute Gasteiger partial charge is 0.345 e. The van der Waals surface area contributed by atoms with Gasteiger partial charge in [0.25, 0.3) is 5.91 Å². The van der Waals surface area contributed by atoms with Crippen molar-refractivity contribution >= 4 is 23.3 Å². The highest BCUT2D eigenvalue weighted by atomic mass is 16.2. The Bertz CT molecular complexity index is 1810. The van der Waals surface area contributed by atoms with Crippen LogP contribution >= 0.6 is 0 Å². The van der Waals surface area contributed by atoms with Crippen LogP contribution in [-0.4, -0.2) is 41.6 Å². The zero-order valence-corrected chi connectivity index (χ0v) is 32.1. The van der Waals surface area contributed by atoms with Crippen LogP contribution in [0.2, 0.25) is 0 Å². The summed E-state index contributed by atoms with van der Waals surface area (Å²) in [6.07, 6.45) is 9.01. The van der Waals surface area contributed by atoms with Gasteiger partial charge in [-0.15, -0.1) is 0 Å². The summed E-state index contributed by atoms with van der Waals surface area (Å²) in [5, 5.41) is 6.37. The van der Waals surface area contributed by atoms with Crippen molar-refractivity contribution in [3.05, 3.63) is 125 Å². The summed E-state index contributed by atoms with van der Waals surface area (Å²) < 4.78 is 0. The van der Waals surface area contributed by atoms with E-state index in [0.717, 1.165) is 67.6 Å². The maximum atomic E-state index is 14.1. The summed E-state index contributed by atoms with van der Waals surface area (Å²) >= 11 is 0. The molecule has 1 aliphatic heterocycles. The number of ketones is 1. The van der Waals surface area contributed by atoms with Gasteiger partial charge in [0.1, 0.15) is 6.04 Å². The monoisotopic (exact) mass is 711 g/mol. The number of carbonyl (C=O) groups is 3. The van der Waals surface area contributed by atoms with E-state index in [1.807, 2.05) is 73.7 Å². The van der Waals surface area contributed by atoms with Crippen molar-refractivity contribution in [2.24, 2.45) is 5.92 Å². The minimum Gasteiger partial charge on any atom is -0.345 e. The number of rotatable bonds is 12. The predicted octanol–water partition coefficient (Wildman–Crippen LogP) is 10.3. The minimum absolute atomic E-state index is 0.0634. The van der Waals surface area contributed by atoms with Gasteiger partial charge in [-0.3, -0.25) is 19.3 Å². The van der Waals surface area contributed by atoms with Crippen molar-refractivity contribution in [2.75, 3.05) is 18.4 Å². The van der Waals surface area contributed by atoms with Crippen LogP contribution in [0.15, 0.2) is 103 Å². The Hall–Kier alpha value is -4.55. The van der Waals surface area contributed by atoms with Crippen molar-refractivity contribution in [1.29, 1.82) is 0 Å². The number of hydrogen-bond acceptors (Lipinski definition) is 4. The molecule has 2 unspecified atom stereocenters. The van der Waals surface area contributed by atoms with Gasteiger partial charge in [0.05, 0.1) is 6.04 Å². The maximum Gasteiger partial charge on any atom is 0.256 e. The van der Waals surface area contributed by atoms with E-state index >= 15 is 0 Å². The van der Waals surface area contributed by atoms with E-state index in [4.69, 9.17) is 0 Å². The fourth-order valence-corrected chi connectivity index (χ4v) is 8.30. The number of carbonyl (C=O) groups excluding carboxylic acids is 3. The number of anilines is 1. The van der Waals surface area contributed by atoms with Crippen molar-refractivity contribution in [1.82, 2.24) is 10.2 Å². The molecule has 2 atom stereocenters. The summed E-state index contributed by atoms with van der Waals surface area (Å²) in [5.74, 6) is 0.786. The molecule has 0 radical (unpaired) electrons. The molecule has 1 aliphatic carbocycles. The summed E-state index contributed by atoms with van der Waals surface area (Å²) in [4.78, 5) is 43.0. The second-order valence-corrected chi connectivity index (χ2v) is 16.2. The summed E-state index contributed by atoms with van der Waals surface area (Å²) in [6, 6.07) is 33.7. The number of hydrogen-bond donors (Lipinski definition) is 2. The molecule has 0 spiro atoms. The summed E-state index contributed by atoms with van der Waals surface area (Å²) in [7, 11) is 0. The van der Waals surface area contributed by atoms with Crippen LogP contribution in [0, 0.1) is 5.92 Å². The number of Topliss-reactive ketones (excluding diaryl/α,β-unsaturated/α-hetero) is 1. The second-order valence-electron chi connectivity index (χ2n) is 16.2. The van der Waals surface area contributed by atoms with Crippen LogP contribution < -0.4 is 10.6 Å². The lowest BCUT2D eigenvalue weighted by molar-refractivity contribution is -0.132. The first-order valence-electron chi connectivity index (χ1n) is 19.8. The van der Waals surface area contributed by atoms with Gasteiger partial charge >= 0.3 is 0 Å². The highest BCUT2D eigenvalue weighted by Crippen LogP contribution is 2.35. The van der Waals surface area contributed by atoms with E-state index in [-0.39, 0.29) is 23.0 Å². The minimum atomic E-state index is -0.437. The van der Waals surface area contributed by atoms with E-state index in [0.29, 0.717) is 23.8 Å². The fourth-order valence-electron chi connectivity index (χ4n) is 8.30. The molecule has 1 saturated carbocycles. The molecule has 0 bridgehead atoms. The van der Waals surface area contributed by atoms with Crippen LogP contribution in [0.5, 0.6) is 0 Å². The quantitative estimate of drug-likeness (QED) is 0.153. The van der Waals surface area contributed by atoms with E-state index < -0.39 is 12.1 Å². The van der Waals surface area contributed by atoms with Gasteiger partial charge in [-0.25, -0.2) is 0 Å². The molecule has 1 saturated heterocycles. The zero-order valence-electron chi connectivity index (χ0n) is 32.1. The molecule has 278 valence electrons. The average Bonchev–Trinajstić information content (AvgIpc) is 3.18. The van der Waals surface area contributed by atoms with E-state index in [9.17, 15) is 14.4 Å². The van der Waals surface area contributed by atoms with Gasteiger partial charge in [-0.2, -0.15) is 0 Å². The average molecular weight is 712 g/mol. The molecule has 6 rings (SSSR count). The molecule has 6 nitrogen and oxygen atoms in total. The molecule has 0 aromatic heterocycles. The molecule has 2 aliphatic rings. The Morgan fingerprint density at radius 3 is 2.04 bits per heavy atom. The number of amides is 2. The standard InChI is InChI=1S/C47H57N3O3/c1-5-43(51)42(32-33-14-8-6-9-15-33)49-46(53)44(37-16-10-7-11-17-37)50-30-28-35(29-31-50)34-22-26-39(27-23-34)48-45(52)41-19-13-12-18-40(41)36-20-24-38(25-21-36)47(2,3)4/h7,10-13,16-27,33,35,42,44H,5-6,8-9,14-15,28-32H2,1-4H3,(H,48,52)(H,49,53). The Kier molecular flexibility index (Phi) is 12.6. The first kappa shape index (κ1) is 38.2. The third-order valence-corrected chi connectivity index (χ3v) is 11.5. The van der Waals surface area contributed by atoms with Crippen molar-refractivity contribution in [3.63, 3.8) is 0 Å². The van der Waals surface area contributed by atoms with Crippen molar-refractivity contribution in [2.45, 2.75) is 109 Å². The fraction of sp³-hybridized carbons (Fsp3) is 0.426. The normalized spacial score (nSPS) is 17.1. The van der Waals surface area contributed by atoms with Crippen LogP contribution in [0.25, 0.3) is 11.1 Å². The van der Waals surface area contributed by atoms with E-state index in [1.165, 1.54) is 30.4 Å². The van der Waals surface area contributed by atoms with Gasteiger partial charge in [0, 0.05) is 17.7 Å². The second kappa shape index (κ2) is 17.5. The van der Waals surface area contributed by atoms with Crippen LogP contribution in [-0.2, 0) is 15.0 Å². The molecule has 2 N–H and O–H groups in total. The Balaban J connectivity index is 1.09. The molecular weight excluding hydrogens is 655 g/mol. The first-order valence-corrected chi connectivity index (χ1v) is 19.8. The number of nitrogens with zero attached hydrogens (tertiary/aromatic N) is 1. The number of benzene rings is 4. The van der Waals surface area contributed by atoms with Crippen LogP contribution in [0.4, 0.5) is 5.69 Å². The van der Waals surface area contributed by atoms with E-state index in [1.54, 1.807) is 0 Å². The topological polar surface area (TPSA) is 78.5 Å². The van der Waals surface area contributed by atoms with Crippen molar-refractivity contribution in [3.8, 4) is 11.1 Å².